The van der Waals surface area contributed by atoms with Gasteiger partial charge in [0.25, 0.3) is 5.91 Å². The lowest BCUT2D eigenvalue weighted by Crippen LogP contribution is -2.54. The molecule has 3 rings (SSSR count). The number of amides is 1. The van der Waals surface area contributed by atoms with Crippen LogP contribution in [0, 0.1) is 0 Å². The molecule has 9 nitrogen and oxygen atoms in total. The van der Waals surface area contributed by atoms with E-state index in [0.29, 0.717) is 49.9 Å². The van der Waals surface area contributed by atoms with Crippen LogP contribution in [0.15, 0.2) is 18.2 Å². The molecule has 0 saturated carbocycles. The summed E-state index contributed by atoms with van der Waals surface area (Å²) in [6, 6.07) is 5.38. The summed E-state index contributed by atoms with van der Waals surface area (Å²) in [5, 5.41) is 10.2. The highest BCUT2D eigenvalue weighted by Gasteiger charge is 2.29. The number of carbonyl (C=O) groups excluding carboxylic acids is 1. The molecule has 2 unspecified atom stereocenters. The van der Waals surface area contributed by atoms with Gasteiger partial charge in [-0.25, -0.2) is 0 Å². The van der Waals surface area contributed by atoms with Crippen LogP contribution in [0.25, 0.3) is 0 Å². The van der Waals surface area contributed by atoms with E-state index >= 15 is 0 Å². The van der Waals surface area contributed by atoms with Gasteiger partial charge >= 0.3 is 0 Å². The summed E-state index contributed by atoms with van der Waals surface area (Å²) in [7, 11) is 3.13. The summed E-state index contributed by atoms with van der Waals surface area (Å²) in [6.45, 7) is 10.8. The highest BCUT2D eigenvalue weighted by molar-refractivity contribution is 5.99. The Labute approximate surface area is 197 Å². The van der Waals surface area contributed by atoms with Crippen LogP contribution in [0.4, 0.5) is 0 Å². The van der Waals surface area contributed by atoms with Crippen molar-refractivity contribution in [2.24, 2.45) is 0 Å². The van der Waals surface area contributed by atoms with Gasteiger partial charge in [0, 0.05) is 52.4 Å². The number of rotatable bonds is 10. The number of hydrogen-bond acceptors (Lipinski definition) is 8. The summed E-state index contributed by atoms with van der Waals surface area (Å²) >= 11 is 0. The Hall–Kier alpha value is -1.91. The molecule has 2 aliphatic heterocycles. The van der Waals surface area contributed by atoms with Crippen LogP contribution in [-0.4, -0.2) is 124 Å². The molecule has 2 heterocycles. The first-order valence-corrected chi connectivity index (χ1v) is 11.8. The van der Waals surface area contributed by atoms with Gasteiger partial charge in [-0.3, -0.25) is 14.6 Å². The van der Waals surface area contributed by atoms with E-state index in [1.807, 2.05) is 24.8 Å². The van der Waals surface area contributed by atoms with Crippen molar-refractivity contribution >= 4 is 5.91 Å². The number of ether oxygens (including phenoxy) is 4. The average molecular weight is 466 g/mol. The Morgan fingerprint density at radius 3 is 2.36 bits per heavy atom. The number of piperazine rings is 1. The van der Waals surface area contributed by atoms with Crippen LogP contribution < -0.4 is 9.47 Å². The zero-order valence-electron chi connectivity index (χ0n) is 20.4. The zero-order chi connectivity index (χ0) is 23.8. The van der Waals surface area contributed by atoms with E-state index in [1.54, 1.807) is 26.4 Å². The van der Waals surface area contributed by atoms with Crippen LogP contribution in [0.2, 0.25) is 0 Å². The van der Waals surface area contributed by atoms with Crippen molar-refractivity contribution < 1.29 is 28.8 Å². The predicted molar refractivity (Wildman–Crippen MR) is 125 cm³/mol. The molecule has 1 N–H and O–H groups in total. The largest absolute Gasteiger partial charge is 0.496 e. The first-order valence-electron chi connectivity index (χ1n) is 11.8. The minimum atomic E-state index is -0.493. The van der Waals surface area contributed by atoms with Gasteiger partial charge in [-0.15, -0.1) is 0 Å². The van der Waals surface area contributed by atoms with Gasteiger partial charge in [0.15, 0.2) is 0 Å². The summed E-state index contributed by atoms with van der Waals surface area (Å²) in [5.74, 6) is 0.985. The number of aliphatic hydroxyl groups excluding tert-OH is 1. The number of aliphatic hydroxyl groups is 1. The fourth-order valence-corrected chi connectivity index (χ4v) is 4.35. The highest BCUT2D eigenvalue weighted by atomic mass is 16.5. The zero-order valence-corrected chi connectivity index (χ0v) is 20.4. The smallest absolute Gasteiger partial charge is 0.261 e. The highest BCUT2D eigenvalue weighted by Crippen LogP contribution is 2.30. The summed E-state index contributed by atoms with van der Waals surface area (Å²) in [6.07, 6.45) is -0.284. The number of hydrogen-bond donors (Lipinski definition) is 1. The van der Waals surface area contributed by atoms with E-state index in [4.69, 9.17) is 18.9 Å². The molecule has 2 atom stereocenters. The minimum absolute atomic E-state index is 0.0679. The molecule has 1 aromatic rings. The molecule has 1 aromatic carbocycles. The Kier molecular flexibility index (Phi) is 9.76. The van der Waals surface area contributed by atoms with Gasteiger partial charge < -0.3 is 29.0 Å². The fourth-order valence-electron chi connectivity index (χ4n) is 4.35. The van der Waals surface area contributed by atoms with Crippen LogP contribution in [0.1, 0.15) is 24.2 Å². The SMILES string of the molecule is COc1cccc(OC)c1C(=O)N1CCN(CC2CN(CC(O)COC(C)C)CCO2)CC1. The second kappa shape index (κ2) is 12.5. The summed E-state index contributed by atoms with van der Waals surface area (Å²) in [5.41, 5.74) is 0.474. The van der Waals surface area contributed by atoms with E-state index in [-0.39, 0.29) is 18.1 Å². The van der Waals surface area contributed by atoms with E-state index in [2.05, 4.69) is 9.80 Å². The molecular formula is C24H39N3O6. The van der Waals surface area contributed by atoms with E-state index in [0.717, 1.165) is 32.7 Å². The quantitative estimate of drug-likeness (QED) is 0.547. The average Bonchev–Trinajstić information content (AvgIpc) is 2.82. The molecule has 0 aliphatic carbocycles. The van der Waals surface area contributed by atoms with Crippen molar-refractivity contribution in [3.05, 3.63) is 23.8 Å². The first kappa shape index (κ1) is 25.7. The standard InChI is InChI=1S/C24H39N3O6/c1-18(2)33-17-19(28)14-26-12-13-32-20(16-26)15-25-8-10-27(11-9-25)24(29)23-21(30-3)6-5-7-22(23)31-4/h5-7,18-20,28H,8-17H2,1-4H3. The predicted octanol–water partition coefficient (Wildman–Crippen LogP) is 0.948. The van der Waals surface area contributed by atoms with Crippen molar-refractivity contribution in [2.75, 3.05) is 79.8 Å². The molecule has 2 saturated heterocycles. The fraction of sp³-hybridized carbons (Fsp3) is 0.708. The third-order valence-corrected chi connectivity index (χ3v) is 6.08. The van der Waals surface area contributed by atoms with Gasteiger partial charge in [0.2, 0.25) is 0 Å². The van der Waals surface area contributed by atoms with E-state index in [9.17, 15) is 9.90 Å². The molecule has 33 heavy (non-hydrogen) atoms. The van der Waals surface area contributed by atoms with Crippen molar-refractivity contribution in [1.29, 1.82) is 0 Å². The second-order valence-corrected chi connectivity index (χ2v) is 8.92. The van der Waals surface area contributed by atoms with Gasteiger partial charge in [-0.1, -0.05) is 6.07 Å². The summed E-state index contributed by atoms with van der Waals surface area (Å²) < 4.78 is 22.3. The molecule has 186 valence electrons. The third-order valence-electron chi connectivity index (χ3n) is 6.08. The van der Waals surface area contributed by atoms with Gasteiger partial charge in [0.05, 0.1) is 45.7 Å². The number of morpholine rings is 1. The van der Waals surface area contributed by atoms with Crippen LogP contribution in [-0.2, 0) is 9.47 Å². The second-order valence-electron chi connectivity index (χ2n) is 8.92. The summed E-state index contributed by atoms with van der Waals surface area (Å²) in [4.78, 5) is 19.6. The number of carbonyl (C=O) groups is 1. The number of methoxy groups -OCH3 is 2. The third kappa shape index (κ3) is 7.28. The van der Waals surface area contributed by atoms with Crippen molar-refractivity contribution in [2.45, 2.75) is 32.2 Å². The van der Waals surface area contributed by atoms with Crippen molar-refractivity contribution in [3.63, 3.8) is 0 Å². The topological polar surface area (TPSA) is 83.9 Å². The minimum Gasteiger partial charge on any atom is -0.496 e. The maximum Gasteiger partial charge on any atom is 0.261 e. The maximum atomic E-state index is 13.2. The normalized spacial score (nSPS) is 21.3. The van der Waals surface area contributed by atoms with Crippen LogP contribution >= 0.6 is 0 Å². The number of benzene rings is 1. The molecule has 1 amide bonds. The lowest BCUT2D eigenvalue weighted by atomic mass is 10.1. The molecule has 2 aliphatic rings. The van der Waals surface area contributed by atoms with Crippen LogP contribution in [0.5, 0.6) is 11.5 Å². The molecule has 0 aromatic heterocycles. The Morgan fingerprint density at radius 2 is 1.76 bits per heavy atom. The molecule has 0 radical (unpaired) electrons. The van der Waals surface area contributed by atoms with Crippen molar-refractivity contribution in [3.8, 4) is 11.5 Å². The maximum absolute atomic E-state index is 13.2. The lowest BCUT2D eigenvalue weighted by molar-refractivity contribution is -0.0670. The molecule has 0 spiro atoms. The Morgan fingerprint density at radius 1 is 1.09 bits per heavy atom. The molecule has 9 heteroatoms. The van der Waals surface area contributed by atoms with E-state index < -0.39 is 6.10 Å². The molecule has 0 bridgehead atoms. The Bertz CT molecular complexity index is 731. The van der Waals surface area contributed by atoms with Gasteiger partial charge in [-0.2, -0.15) is 0 Å². The molecular weight excluding hydrogens is 426 g/mol. The number of nitrogens with zero attached hydrogens (tertiary/aromatic N) is 3. The van der Waals surface area contributed by atoms with Crippen LogP contribution in [0.3, 0.4) is 0 Å². The Balaban J connectivity index is 1.47. The molecule has 2 fully saturated rings. The monoisotopic (exact) mass is 465 g/mol. The number of β-amino-alcohol motifs (C(OH)–C–C–N with tert-alkyl or cyclic N) is 1. The van der Waals surface area contributed by atoms with Crippen molar-refractivity contribution in [1.82, 2.24) is 14.7 Å². The first-order chi connectivity index (χ1) is 15.9. The lowest BCUT2D eigenvalue weighted by Gasteiger charge is -2.39. The van der Waals surface area contributed by atoms with Gasteiger partial charge in [-0.05, 0) is 26.0 Å². The van der Waals surface area contributed by atoms with E-state index in [1.165, 1.54) is 0 Å². The van der Waals surface area contributed by atoms with Gasteiger partial charge in [0.1, 0.15) is 17.1 Å².